The third-order valence-corrected chi connectivity index (χ3v) is 15.8. The highest BCUT2D eigenvalue weighted by atomic mass is 28.4. The third kappa shape index (κ3) is 10.5. The van der Waals surface area contributed by atoms with E-state index in [1.165, 1.54) is 12.3 Å². The molecule has 0 unspecified atom stereocenters. The van der Waals surface area contributed by atoms with E-state index in [2.05, 4.69) is 79.4 Å². The molecule has 0 aliphatic rings. The minimum atomic E-state index is -1.64. The lowest BCUT2D eigenvalue weighted by molar-refractivity contribution is -0.890. The van der Waals surface area contributed by atoms with Gasteiger partial charge in [-0.2, -0.15) is 0 Å². The number of quaternary nitrogens is 1. The van der Waals surface area contributed by atoms with Crippen LogP contribution >= 0.6 is 0 Å². The van der Waals surface area contributed by atoms with Crippen LogP contribution in [0.1, 0.15) is 6.92 Å². The Labute approximate surface area is 144 Å². The molecule has 0 heterocycles. The van der Waals surface area contributed by atoms with Crippen molar-refractivity contribution < 1.29 is 12.7 Å². The molecule has 0 aromatic carbocycles. The maximum absolute atomic E-state index is 6.58. The van der Waals surface area contributed by atoms with E-state index in [9.17, 15) is 0 Å². The van der Waals surface area contributed by atoms with Crippen molar-refractivity contribution >= 4 is 33.3 Å². The fourth-order valence-corrected chi connectivity index (χ4v) is 22.2. The fraction of sp³-hybridized carbons (Fsp3) is 1.00. The maximum atomic E-state index is 6.58. The van der Waals surface area contributed by atoms with Gasteiger partial charge in [0, 0.05) is 0 Å². The van der Waals surface area contributed by atoms with Crippen molar-refractivity contribution in [2.75, 3.05) is 25.9 Å². The van der Waals surface area contributed by atoms with Crippen LogP contribution in [0.2, 0.25) is 65.5 Å². The molecule has 7 heteroatoms. The molecule has 0 aromatic rings. The Morgan fingerprint density at radius 2 is 0.909 bits per heavy atom. The summed E-state index contributed by atoms with van der Waals surface area (Å²) in [4.78, 5) is 0. The molecule has 0 aliphatic heterocycles. The van der Waals surface area contributed by atoms with Crippen molar-refractivity contribution in [1.82, 2.24) is 0 Å². The first-order valence-corrected chi connectivity index (χ1v) is 21.7. The van der Waals surface area contributed by atoms with E-state index >= 15 is 0 Å². The predicted octanol–water partition coefficient (Wildman–Crippen LogP) is 4.64. The van der Waals surface area contributed by atoms with Crippen LogP contribution in [0, 0.1) is 0 Å². The van der Waals surface area contributed by atoms with Gasteiger partial charge in [-0.05, 0) is 72.4 Å². The van der Waals surface area contributed by atoms with Gasteiger partial charge in [0.15, 0.2) is 16.6 Å². The van der Waals surface area contributed by atoms with Crippen LogP contribution in [0.3, 0.4) is 0 Å². The van der Waals surface area contributed by atoms with Gasteiger partial charge in [-0.3, -0.25) is 0 Å². The fourth-order valence-electron chi connectivity index (χ4n) is 3.84. The first-order chi connectivity index (χ1) is 9.39. The standard InChI is InChI=1S/C15H42NO2Si4/c1-13-16(2,14-21(9,10)17-19(3,4)5)15-22(11,12)18-20(6,7)8/h13-15H2,1-12H3/q+1. The van der Waals surface area contributed by atoms with E-state index in [-0.39, 0.29) is 0 Å². The van der Waals surface area contributed by atoms with E-state index in [1.54, 1.807) is 0 Å². The van der Waals surface area contributed by atoms with Gasteiger partial charge in [0.1, 0.15) is 0 Å². The molecule has 0 spiro atoms. The molecule has 0 aromatic heterocycles. The van der Waals surface area contributed by atoms with E-state index in [0.717, 1.165) is 11.0 Å². The van der Waals surface area contributed by atoms with Crippen LogP contribution in [0.4, 0.5) is 0 Å². The molecule has 0 amide bonds. The molecular formula is C15H42NO2Si4+. The summed E-state index contributed by atoms with van der Waals surface area (Å²) in [7, 11) is -3.80. The Hall–Kier alpha value is 0.748. The average Bonchev–Trinajstić information content (AvgIpc) is 2.05. The smallest absolute Gasteiger partial charge is 0.234 e. The molecule has 22 heavy (non-hydrogen) atoms. The molecular weight excluding hydrogens is 339 g/mol. The minimum Gasteiger partial charge on any atom is -0.452 e. The van der Waals surface area contributed by atoms with Crippen molar-refractivity contribution in [3.63, 3.8) is 0 Å². The zero-order valence-electron chi connectivity index (χ0n) is 17.4. The Bertz CT molecular complexity index is 330. The largest absolute Gasteiger partial charge is 0.452 e. The van der Waals surface area contributed by atoms with Crippen LogP contribution in [-0.4, -0.2) is 63.7 Å². The van der Waals surface area contributed by atoms with Crippen molar-refractivity contribution in [3.05, 3.63) is 0 Å². The number of hydrogen-bond donors (Lipinski definition) is 0. The Balaban J connectivity index is 5.05. The highest BCUT2D eigenvalue weighted by Crippen LogP contribution is 2.22. The zero-order valence-corrected chi connectivity index (χ0v) is 21.4. The second-order valence-electron chi connectivity index (χ2n) is 10.2. The van der Waals surface area contributed by atoms with Gasteiger partial charge in [-0.25, -0.2) is 0 Å². The van der Waals surface area contributed by atoms with E-state index in [0.29, 0.717) is 0 Å². The summed E-state index contributed by atoms with van der Waals surface area (Å²) >= 11 is 0. The maximum Gasteiger partial charge on any atom is 0.234 e. The summed E-state index contributed by atoms with van der Waals surface area (Å²) in [5.41, 5.74) is 0. The van der Waals surface area contributed by atoms with Gasteiger partial charge in [-0.15, -0.1) is 0 Å². The molecule has 0 bridgehead atoms. The Kier molecular flexibility index (Phi) is 7.57. The molecule has 0 radical (unpaired) electrons. The average molecular weight is 381 g/mol. The highest BCUT2D eigenvalue weighted by Gasteiger charge is 2.42. The quantitative estimate of drug-likeness (QED) is 0.428. The monoisotopic (exact) mass is 380 g/mol. The summed E-state index contributed by atoms with van der Waals surface area (Å²) in [6, 6.07) is 0. The van der Waals surface area contributed by atoms with Gasteiger partial charge < -0.3 is 12.7 Å². The molecule has 0 rings (SSSR count). The number of rotatable bonds is 9. The van der Waals surface area contributed by atoms with Crippen LogP contribution < -0.4 is 0 Å². The summed E-state index contributed by atoms with van der Waals surface area (Å²) < 4.78 is 14.3. The summed E-state index contributed by atoms with van der Waals surface area (Å²) in [5, 5.41) is 0. The molecule has 3 nitrogen and oxygen atoms in total. The van der Waals surface area contributed by atoms with Crippen LogP contribution in [0.15, 0.2) is 0 Å². The van der Waals surface area contributed by atoms with Crippen LogP contribution in [0.25, 0.3) is 0 Å². The second-order valence-corrected chi connectivity index (χ2v) is 28.0. The number of nitrogens with zero attached hydrogens (tertiary/aromatic N) is 1. The van der Waals surface area contributed by atoms with E-state index in [4.69, 9.17) is 8.23 Å². The van der Waals surface area contributed by atoms with Gasteiger partial charge in [0.25, 0.3) is 0 Å². The molecule has 0 saturated carbocycles. The molecule has 0 N–H and O–H groups in total. The van der Waals surface area contributed by atoms with Crippen molar-refractivity contribution in [2.45, 2.75) is 72.4 Å². The van der Waals surface area contributed by atoms with Crippen LogP contribution in [-0.2, 0) is 8.23 Å². The minimum absolute atomic E-state index is 1.10. The van der Waals surface area contributed by atoms with Crippen LogP contribution in [0.5, 0.6) is 0 Å². The lowest BCUT2D eigenvalue weighted by Crippen LogP contribution is -2.64. The molecule has 0 atom stereocenters. The molecule has 0 aliphatic carbocycles. The summed E-state index contributed by atoms with van der Waals surface area (Å²) in [6.45, 7) is 26.9. The molecule has 0 saturated heterocycles. The van der Waals surface area contributed by atoms with Gasteiger partial charge >= 0.3 is 0 Å². The topological polar surface area (TPSA) is 18.5 Å². The lowest BCUT2D eigenvalue weighted by atomic mass is 10.6. The third-order valence-electron chi connectivity index (χ3n) is 3.45. The summed E-state index contributed by atoms with van der Waals surface area (Å²) in [6.07, 6.45) is 2.39. The predicted molar refractivity (Wildman–Crippen MR) is 110 cm³/mol. The first-order valence-electron chi connectivity index (χ1n) is 8.63. The zero-order chi connectivity index (χ0) is 18.0. The highest BCUT2D eigenvalue weighted by molar-refractivity contribution is 6.85. The van der Waals surface area contributed by atoms with Gasteiger partial charge in [0.05, 0.1) is 25.9 Å². The molecule has 0 fully saturated rings. The van der Waals surface area contributed by atoms with Gasteiger partial charge in [0.2, 0.25) is 16.6 Å². The summed E-state index contributed by atoms with van der Waals surface area (Å²) in [5.74, 6) is 0. The molecule has 134 valence electrons. The van der Waals surface area contributed by atoms with Gasteiger partial charge in [-0.1, -0.05) is 0 Å². The Morgan fingerprint density at radius 1 is 0.636 bits per heavy atom. The van der Waals surface area contributed by atoms with Crippen molar-refractivity contribution in [3.8, 4) is 0 Å². The van der Waals surface area contributed by atoms with E-state index < -0.39 is 33.3 Å². The van der Waals surface area contributed by atoms with Crippen molar-refractivity contribution in [2.24, 2.45) is 0 Å². The SMILES string of the molecule is CC[N+](C)(C[Si](C)(C)O[Si](C)(C)C)C[Si](C)(C)O[Si](C)(C)C. The van der Waals surface area contributed by atoms with E-state index in [1.807, 2.05) is 0 Å². The first kappa shape index (κ1) is 22.7. The number of hydrogen-bond acceptors (Lipinski definition) is 2. The lowest BCUT2D eigenvalue weighted by Gasteiger charge is -2.45. The van der Waals surface area contributed by atoms with Crippen molar-refractivity contribution in [1.29, 1.82) is 0 Å². The second kappa shape index (κ2) is 7.33. The Morgan fingerprint density at radius 3 is 1.09 bits per heavy atom. The normalized spacial score (nSPS) is 15.3.